The first-order valence-corrected chi connectivity index (χ1v) is 9.38. The van der Waals surface area contributed by atoms with Crippen LogP contribution in [0, 0.1) is 11.7 Å². The normalized spacial score (nSPS) is 14.1. The summed E-state index contributed by atoms with van der Waals surface area (Å²) >= 11 is 0. The summed E-state index contributed by atoms with van der Waals surface area (Å²) in [5.41, 5.74) is 0. The maximum Gasteiger partial charge on any atom is 0.326 e. The SMILES string of the molecule is CCCC(NC(=O)[C@@H](NS(=O)(=O)c1ccccc1F)C(C)C)C(=O)O. The molecule has 3 N–H and O–H groups in total. The van der Waals surface area contributed by atoms with E-state index in [1.54, 1.807) is 20.8 Å². The van der Waals surface area contributed by atoms with E-state index in [4.69, 9.17) is 5.11 Å². The van der Waals surface area contributed by atoms with E-state index >= 15 is 0 Å². The van der Waals surface area contributed by atoms with Crippen molar-refractivity contribution in [2.45, 2.75) is 50.6 Å². The molecule has 0 aliphatic heterocycles. The highest BCUT2D eigenvalue weighted by molar-refractivity contribution is 7.89. The van der Waals surface area contributed by atoms with E-state index in [9.17, 15) is 22.4 Å². The zero-order valence-corrected chi connectivity index (χ0v) is 15.1. The van der Waals surface area contributed by atoms with Gasteiger partial charge in [0.25, 0.3) is 0 Å². The molecule has 0 saturated heterocycles. The van der Waals surface area contributed by atoms with Gasteiger partial charge in [-0.25, -0.2) is 17.6 Å². The second-order valence-electron chi connectivity index (χ2n) is 5.96. The number of carbonyl (C=O) groups is 2. The van der Waals surface area contributed by atoms with Crippen molar-refractivity contribution in [3.05, 3.63) is 30.1 Å². The van der Waals surface area contributed by atoms with Gasteiger partial charge in [0.15, 0.2) is 0 Å². The molecule has 1 aromatic rings. The predicted octanol–water partition coefficient (Wildman–Crippen LogP) is 1.50. The van der Waals surface area contributed by atoms with Gasteiger partial charge in [-0.05, 0) is 24.5 Å². The molecule has 1 aromatic carbocycles. The van der Waals surface area contributed by atoms with Gasteiger partial charge in [0.1, 0.15) is 22.8 Å². The maximum absolute atomic E-state index is 13.8. The lowest BCUT2D eigenvalue weighted by atomic mass is 10.0. The van der Waals surface area contributed by atoms with Gasteiger partial charge in [-0.15, -0.1) is 0 Å². The molecule has 0 heterocycles. The van der Waals surface area contributed by atoms with E-state index in [0.717, 1.165) is 12.1 Å². The van der Waals surface area contributed by atoms with Crippen molar-refractivity contribution in [2.24, 2.45) is 5.92 Å². The van der Waals surface area contributed by atoms with Crippen LogP contribution in [0.2, 0.25) is 0 Å². The Morgan fingerprint density at radius 3 is 2.32 bits per heavy atom. The molecule has 0 saturated carbocycles. The first-order chi connectivity index (χ1) is 11.6. The van der Waals surface area contributed by atoms with E-state index < -0.39 is 50.6 Å². The van der Waals surface area contributed by atoms with Crippen LogP contribution in [-0.4, -0.2) is 37.5 Å². The number of hydrogen-bond donors (Lipinski definition) is 3. The van der Waals surface area contributed by atoms with Crippen LogP contribution >= 0.6 is 0 Å². The molecule has 9 heteroatoms. The van der Waals surface area contributed by atoms with Crippen LogP contribution in [0.3, 0.4) is 0 Å². The Hall–Kier alpha value is -2.00. The van der Waals surface area contributed by atoms with Crippen LogP contribution in [0.15, 0.2) is 29.2 Å². The molecular weight excluding hydrogens is 351 g/mol. The van der Waals surface area contributed by atoms with Crippen molar-refractivity contribution in [1.82, 2.24) is 10.0 Å². The second kappa shape index (κ2) is 8.91. The monoisotopic (exact) mass is 374 g/mol. The number of halogens is 1. The van der Waals surface area contributed by atoms with Gasteiger partial charge >= 0.3 is 5.97 Å². The second-order valence-corrected chi connectivity index (χ2v) is 7.64. The molecule has 0 aliphatic carbocycles. The lowest BCUT2D eigenvalue weighted by Crippen LogP contribution is -2.53. The smallest absolute Gasteiger partial charge is 0.326 e. The number of carbonyl (C=O) groups excluding carboxylic acids is 1. The molecule has 1 rings (SSSR count). The van der Waals surface area contributed by atoms with Gasteiger partial charge in [0, 0.05) is 0 Å². The topological polar surface area (TPSA) is 113 Å². The van der Waals surface area contributed by atoms with E-state index in [1.807, 2.05) is 0 Å². The Balaban J connectivity index is 3.02. The average molecular weight is 374 g/mol. The number of hydrogen-bond acceptors (Lipinski definition) is 4. The number of rotatable bonds is 9. The summed E-state index contributed by atoms with van der Waals surface area (Å²) in [6, 6.07) is 2.46. The van der Waals surface area contributed by atoms with Gasteiger partial charge in [0.2, 0.25) is 15.9 Å². The highest BCUT2D eigenvalue weighted by atomic mass is 32.2. The highest BCUT2D eigenvalue weighted by Gasteiger charge is 2.31. The highest BCUT2D eigenvalue weighted by Crippen LogP contribution is 2.15. The van der Waals surface area contributed by atoms with Gasteiger partial charge in [-0.1, -0.05) is 39.3 Å². The molecule has 140 valence electrons. The Morgan fingerprint density at radius 2 is 1.84 bits per heavy atom. The fourth-order valence-corrected chi connectivity index (χ4v) is 3.62. The number of amides is 1. The first kappa shape index (κ1) is 21.0. The molecule has 0 bridgehead atoms. The first-order valence-electron chi connectivity index (χ1n) is 7.90. The largest absolute Gasteiger partial charge is 0.480 e. The molecular formula is C16H23FN2O5S. The van der Waals surface area contributed by atoms with Crippen molar-refractivity contribution in [1.29, 1.82) is 0 Å². The van der Waals surface area contributed by atoms with Crippen molar-refractivity contribution in [3.63, 3.8) is 0 Å². The van der Waals surface area contributed by atoms with Gasteiger partial charge < -0.3 is 10.4 Å². The Morgan fingerprint density at radius 1 is 1.24 bits per heavy atom. The van der Waals surface area contributed by atoms with Gasteiger partial charge in [0.05, 0.1) is 0 Å². The van der Waals surface area contributed by atoms with Crippen LogP contribution in [0.25, 0.3) is 0 Å². The summed E-state index contributed by atoms with van der Waals surface area (Å²) in [6.07, 6.45) is 0.747. The van der Waals surface area contributed by atoms with E-state index in [1.165, 1.54) is 12.1 Å². The molecule has 0 aliphatic rings. The van der Waals surface area contributed by atoms with Gasteiger partial charge in [-0.3, -0.25) is 4.79 Å². The average Bonchev–Trinajstić information content (AvgIpc) is 2.52. The number of carboxylic acids is 1. The van der Waals surface area contributed by atoms with Crippen molar-refractivity contribution < 1.29 is 27.5 Å². The quantitative estimate of drug-likeness (QED) is 0.606. The Kier molecular flexibility index (Phi) is 7.50. The fourth-order valence-electron chi connectivity index (χ4n) is 2.19. The number of aliphatic carboxylic acids is 1. The lowest BCUT2D eigenvalue weighted by Gasteiger charge is -2.24. The lowest BCUT2D eigenvalue weighted by molar-refractivity contribution is -0.142. The van der Waals surface area contributed by atoms with E-state index in [-0.39, 0.29) is 6.42 Å². The maximum atomic E-state index is 13.8. The molecule has 0 spiro atoms. The van der Waals surface area contributed by atoms with Crippen LogP contribution in [-0.2, 0) is 19.6 Å². The number of nitrogens with one attached hydrogen (secondary N) is 2. The summed E-state index contributed by atoms with van der Waals surface area (Å²) in [5, 5.41) is 11.4. The zero-order valence-electron chi connectivity index (χ0n) is 14.3. The summed E-state index contributed by atoms with van der Waals surface area (Å²) < 4.78 is 40.7. The Labute approximate surface area is 146 Å². The number of sulfonamides is 1. The molecule has 0 aromatic heterocycles. The van der Waals surface area contributed by atoms with Crippen LogP contribution < -0.4 is 10.0 Å². The van der Waals surface area contributed by atoms with Crippen LogP contribution in [0.5, 0.6) is 0 Å². The van der Waals surface area contributed by atoms with E-state index in [2.05, 4.69) is 10.0 Å². The van der Waals surface area contributed by atoms with Gasteiger partial charge in [-0.2, -0.15) is 4.72 Å². The zero-order chi connectivity index (χ0) is 19.2. The minimum atomic E-state index is -4.28. The number of carboxylic acid groups (broad SMARTS) is 1. The third-order valence-corrected chi connectivity index (χ3v) is 5.02. The molecule has 7 nitrogen and oxygen atoms in total. The molecule has 25 heavy (non-hydrogen) atoms. The third kappa shape index (κ3) is 5.79. The Bertz CT molecular complexity index is 721. The summed E-state index contributed by atoms with van der Waals surface area (Å²) in [7, 11) is -4.28. The molecule has 2 atom stereocenters. The third-order valence-electron chi connectivity index (χ3n) is 3.55. The summed E-state index contributed by atoms with van der Waals surface area (Å²) in [5.74, 6) is -3.38. The molecule has 0 fully saturated rings. The number of benzene rings is 1. The van der Waals surface area contributed by atoms with Crippen molar-refractivity contribution in [2.75, 3.05) is 0 Å². The molecule has 0 radical (unpaired) electrons. The minimum absolute atomic E-state index is 0.214. The van der Waals surface area contributed by atoms with Crippen molar-refractivity contribution in [3.8, 4) is 0 Å². The summed E-state index contributed by atoms with van der Waals surface area (Å²) in [4.78, 5) is 23.0. The van der Waals surface area contributed by atoms with E-state index in [0.29, 0.717) is 6.42 Å². The van der Waals surface area contributed by atoms with Crippen molar-refractivity contribution >= 4 is 21.9 Å². The fraction of sp³-hybridized carbons (Fsp3) is 0.500. The molecule has 1 amide bonds. The van der Waals surface area contributed by atoms with Crippen LogP contribution in [0.1, 0.15) is 33.6 Å². The molecule has 1 unspecified atom stereocenters. The standard InChI is InChI=1S/C16H23FN2O5S/c1-4-7-12(16(21)22)18-15(20)14(10(2)3)19-25(23,24)13-9-6-5-8-11(13)17/h5-6,8-10,12,14,19H,4,7H2,1-3H3,(H,18,20)(H,21,22)/t12?,14-/m0/s1. The summed E-state index contributed by atoms with van der Waals surface area (Å²) in [6.45, 7) is 4.97. The predicted molar refractivity (Wildman–Crippen MR) is 89.8 cm³/mol. The van der Waals surface area contributed by atoms with Crippen LogP contribution in [0.4, 0.5) is 4.39 Å². The minimum Gasteiger partial charge on any atom is -0.480 e.